The summed E-state index contributed by atoms with van der Waals surface area (Å²) in [5.74, 6) is 0.856. The first-order chi connectivity index (χ1) is 11.2. The van der Waals surface area contributed by atoms with Crippen molar-refractivity contribution in [2.45, 2.75) is 38.3 Å². The number of thiocarbonyl (C=S) groups is 1. The van der Waals surface area contributed by atoms with E-state index in [1.54, 1.807) is 13.3 Å². The molecule has 122 valence electrons. The van der Waals surface area contributed by atoms with E-state index in [4.69, 9.17) is 17.0 Å². The van der Waals surface area contributed by atoms with Gasteiger partial charge in [0.2, 0.25) is 0 Å². The molecule has 0 spiro atoms. The molecule has 2 aromatic rings. The molecule has 0 atom stereocenters. The summed E-state index contributed by atoms with van der Waals surface area (Å²) in [6, 6.07) is 8.51. The van der Waals surface area contributed by atoms with Crippen LogP contribution in [0.4, 0.5) is 5.69 Å². The summed E-state index contributed by atoms with van der Waals surface area (Å²) in [5, 5.41) is 11.6. The fourth-order valence-electron chi connectivity index (χ4n) is 2.90. The molecular weight excluding hydrogens is 308 g/mol. The molecule has 1 aliphatic carbocycles. The Labute approximate surface area is 142 Å². The molecule has 1 aliphatic rings. The Morgan fingerprint density at radius 1 is 1.39 bits per heavy atom. The highest BCUT2D eigenvalue weighted by molar-refractivity contribution is 7.80. The van der Waals surface area contributed by atoms with Crippen LogP contribution in [-0.4, -0.2) is 28.0 Å². The van der Waals surface area contributed by atoms with Gasteiger partial charge in [0, 0.05) is 12.2 Å². The van der Waals surface area contributed by atoms with Gasteiger partial charge in [-0.2, -0.15) is 5.10 Å². The van der Waals surface area contributed by atoms with Gasteiger partial charge in [-0.15, -0.1) is 0 Å². The van der Waals surface area contributed by atoms with Crippen molar-refractivity contribution in [1.82, 2.24) is 15.1 Å². The molecule has 0 saturated heterocycles. The molecule has 1 fully saturated rings. The lowest BCUT2D eigenvalue weighted by molar-refractivity contribution is 0.414. The monoisotopic (exact) mass is 330 g/mol. The molecule has 0 bridgehead atoms. The highest BCUT2D eigenvalue weighted by atomic mass is 32.1. The lowest BCUT2D eigenvalue weighted by Crippen LogP contribution is -2.35. The molecule has 1 aromatic carbocycles. The number of rotatable bonds is 5. The van der Waals surface area contributed by atoms with Crippen molar-refractivity contribution < 1.29 is 4.74 Å². The maximum atomic E-state index is 5.37. The van der Waals surface area contributed by atoms with Gasteiger partial charge >= 0.3 is 0 Å². The van der Waals surface area contributed by atoms with E-state index < -0.39 is 0 Å². The third-order valence-electron chi connectivity index (χ3n) is 4.06. The number of nitrogens with zero attached hydrogens (tertiary/aromatic N) is 2. The summed E-state index contributed by atoms with van der Waals surface area (Å²) in [6.07, 6.45) is 8.75. The van der Waals surface area contributed by atoms with Crippen LogP contribution in [-0.2, 0) is 6.54 Å². The Hall–Kier alpha value is -2.08. The molecule has 0 amide bonds. The average Bonchev–Trinajstić information content (AvgIpc) is 3.20. The zero-order valence-electron chi connectivity index (χ0n) is 13.3. The van der Waals surface area contributed by atoms with E-state index in [9.17, 15) is 0 Å². The fourth-order valence-corrected chi connectivity index (χ4v) is 3.18. The Balaban J connectivity index is 1.55. The predicted molar refractivity (Wildman–Crippen MR) is 95.9 cm³/mol. The van der Waals surface area contributed by atoms with Crippen LogP contribution in [0.5, 0.6) is 5.75 Å². The maximum Gasteiger partial charge on any atom is 0.171 e. The molecule has 1 aromatic heterocycles. The number of benzene rings is 1. The van der Waals surface area contributed by atoms with Gasteiger partial charge in [-0.1, -0.05) is 25.0 Å². The molecule has 1 saturated carbocycles. The number of anilines is 1. The van der Waals surface area contributed by atoms with Gasteiger partial charge in [-0.3, -0.25) is 4.68 Å². The SMILES string of the molecule is COc1cccc(Cn2cc(NC(=S)NC3CCCC3)cn2)c1. The van der Waals surface area contributed by atoms with Crippen LogP contribution in [0.15, 0.2) is 36.7 Å². The van der Waals surface area contributed by atoms with E-state index in [2.05, 4.69) is 21.8 Å². The van der Waals surface area contributed by atoms with Gasteiger partial charge in [0.25, 0.3) is 0 Å². The zero-order chi connectivity index (χ0) is 16.1. The third-order valence-corrected chi connectivity index (χ3v) is 4.28. The van der Waals surface area contributed by atoms with Crippen molar-refractivity contribution in [3.8, 4) is 5.75 Å². The molecule has 23 heavy (non-hydrogen) atoms. The van der Waals surface area contributed by atoms with Crippen molar-refractivity contribution in [2.75, 3.05) is 12.4 Å². The molecule has 1 heterocycles. The highest BCUT2D eigenvalue weighted by Crippen LogP contribution is 2.18. The summed E-state index contributed by atoms with van der Waals surface area (Å²) in [7, 11) is 1.67. The van der Waals surface area contributed by atoms with Crippen molar-refractivity contribution in [3.05, 3.63) is 42.2 Å². The minimum absolute atomic E-state index is 0.516. The molecule has 0 radical (unpaired) electrons. The van der Waals surface area contributed by atoms with E-state index in [0.29, 0.717) is 17.7 Å². The largest absolute Gasteiger partial charge is 0.497 e. The predicted octanol–water partition coefficient (Wildman–Crippen LogP) is 3.17. The van der Waals surface area contributed by atoms with E-state index in [0.717, 1.165) is 17.0 Å². The normalized spacial score (nSPS) is 14.7. The van der Waals surface area contributed by atoms with Crippen LogP contribution >= 0.6 is 12.2 Å². The zero-order valence-corrected chi connectivity index (χ0v) is 14.1. The lowest BCUT2D eigenvalue weighted by atomic mass is 10.2. The van der Waals surface area contributed by atoms with Gasteiger partial charge in [-0.05, 0) is 42.8 Å². The number of hydrogen-bond donors (Lipinski definition) is 2. The topological polar surface area (TPSA) is 51.1 Å². The Kier molecular flexibility index (Phi) is 5.12. The van der Waals surface area contributed by atoms with Crippen LogP contribution in [0.2, 0.25) is 0 Å². The lowest BCUT2D eigenvalue weighted by Gasteiger charge is -2.14. The van der Waals surface area contributed by atoms with Gasteiger partial charge in [0.1, 0.15) is 5.75 Å². The Morgan fingerprint density at radius 3 is 3.00 bits per heavy atom. The first kappa shape index (κ1) is 15.8. The van der Waals surface area contributed by atoms with Crippen molar-refractivity contribution in [3.63, 3.8) is 0 Å². The molecule has 5 nitrogen and oxygen atoms in total. The minimum atomic E-state index is 0.516. The van der Waals surface area contributed by atoms with Gasteiger partial charge < -0.3 is 15.4 Å². The van der Waals surface area contributed by atoms with E-state index >= 15 is 0 Å². The molecule has 3 rings (SSSR count). The van der Waals surface area contributed by atoms with Gasteiger partial charge in [-0.25, -0.2) is 0 Å². The number of ether oxygens (including phenoxy) is 1. The minimum Gasteiger partial charge on any atom is -0.497 e. The van der Waals surface area contributed by atoms with Crippen molar-refractivity contribution in [2.24, 2.45) is 0 Å². The van der Waals surface area contributed by atoms with E-state index in [1.807, 2.05) is 29.1 Å². The molecular formula is C17H22N4OS. The Morgan fingerprint density at radius 2 is 2.22 bits per heavy atom. The second kappa shape index (κ2) is 7.46. The van der Waals surface area contributed by atoms with E-state index in [1.165, 1.54) is 25.7 Å². The van der Waals surface area contributed by atoms with Gasteiger partial charge in [0.15, 0.2) is 5.11 Å². The average molecular weight is 330 g/mol. The first-order valence-electron chi connectivity index (χ1n) is 7.96. The highest BCUT2D eigenvalue weighted by Gasteiger charge is 2.15. The van der Waals surface area contributed by atoms with Crippen LogP contribution in [0.1, 0.15) is 31.2 Å². The molecule has 6 heteroatoms. The van der Waals surface area contributed by atoms with Crippen molar-refractivity contribution >= 4 is 23.0 Å². The first-order valence-corrected chi connectivity index (χ1v) is 8.36. The summed E-state index contributed by atoms with van der Waals surface area (Å²) >= 11 is 5.37. The third kappa shape index (κ3) is 4.45. The number of aromatic nitrogens is 2. The Bertz CT molecular complexity index is 664. The smallest absolute Gasteiger partial charge is 0.171 e. The standard InChI is InChI=1S/C17H22N4OS/c1-22-16-8-4-5-13(9-16)11-21-12-15(10-18-21)20-17(23)19-14-6-2-3-7-14/h4-5,8-10,12,14H,2-3,6-7,11H2,1H3,(H2,19,20,23). The van der Waals surface area contributed by atoms with Crippen LogP contribution in [0.25, 0.3) is 0 Å². The van der Waals surface area contributed by atoms with Crippen LogP contribution in [0, 0.1) is 0 Å². The van der Waals surface area contributed by atoms with Gasteiger partial charge in [0.05, 0.1) is 25.5 Å². The summed E-state index contributed by atoms with van der Waals surface area (Å²) in [6.45, 7) is 0.696. The van der Waals surface area contributed by atoms with Crippen LogP contribution < -0.4 is 15.4 Å². The molecule has 2 N–H and O–H groups in total. The molecule has 0 unspecified atom stereocenters. The second-order valence-electron chi connectivity index (χ2n) is 5.86. The molecule has 0 aliphatic heterocycles. The fraction of sp³-hybridized carbons (Fsp3) is 0.412. The summed E-state index contributed by atoms with van der Waals surface area (Å²) in [5.41, 5.74) is 2.05. The quantitative estimate of drug-likeness (QED) is 0.825. The summed E-state index contributed by atoms with van der Waals surface area (Å²) < 4.78 is 7.13. The number of hydrogen-bond acceptors (Lipinski definition) is 3. The van der Waals surface area contributed by atoms with Crippen LogP contribution in [0.3, 0.4) is 0 Å². The number of methoxy groups -OCH3 is 1. The number of nitrogens with one attached hydrogen (secondary N) is 2. The maximum absolute atomic E-state index is 5.37. The second-order valence-corrected chi connectivity index (χ2v) is 6.27. The van der Waals surface area contributed by atoms with Crippen molar-refractivity contribution in [1.29, 1.82) is 0 Å². The van der Waals surface area contributed by atoms with E-state index in [-0.39, 0.29) is 0 Å². The summed E-state index contributed by atoms with van der Waals surface area (Å²) in [4.78, 5) is 0.